The number of nitrogens with zero attached hydrogens (tertiary/aromatic N) is 3. The van der Waals surface area contributed by atoms with Crippen LogP contribution in [0.5, 0.6) is 0 Å². The highest BCUT2D eigenvalue weighted by molar-refractivity contribution is 7.85. The van der Waals surface area contributed by atoms with E-state index in [0.29, 0.717) is 11.4 Å². The minimum Gasteiger partial charge on any atom is -0.355 e. The first-order valence-electron chi connectivity index (χ1n) is 8.03. The smallest absolute Gasteiger partial charge is 0.294 e. The molecule has 0 aliphatic carbocycles. The maximum atomic E-state index is 11.4. The van der Waals surface area contributed by atoms with Crippen LogP contribution in [0.2, 0.25) is 0 Å². The predicted octanol–water partition coefficient (Wildman–Crippen LogP) is 3.68. The first-order valence-corrected chi connectivity index (χ1v) is 9.47. The molecule has 7 nitrogen and oxygen atoms in total. The molecule has 0 radical (unpaired) electrons. The molecule has 0 spiro atoms. The number of benzene rings is 3. The number of nitrogens with one attached hydrogen (secondary N) is 1. The zero-order chi connectivity index (χ0) is 18.9. The second kappa shape index (κ2) is 6.75. The van der Waals surface area contributed by atoms with Gasteiger partial charge in [0, 0.05) is 16.9 Å². The van der Waals surface area contributed by atoms with Crippen LogP contribution in [0.25, 0.3) is 22.0 Å². The lowest BCUT2D eigenvalue weighted by molar-refractivity contribution is 0.483. The van der Waals surface area contributed by atoms with Crippen LogP contribution in [-0.4, -0.2) is 28.4 Å². The molecule has 4 rings (SSSR count). The fourth-order valence-electron chi connectivity index (χ4n) is 2.92. The molecule has 1 heterocycles. The normalized spacial score (nSPS) is 11.4. The molecule has 3 aromatic carbocycles. The Balaban J connectivity index is 1.88. The molecule has 0 saturated carbocycles. The minimum absolute atomic E-state index is 0.182. The van der Waals surface area contributed by atoms with Gasteiger partial charge in [-0.15, -0.1) is 10.2 Å². The standard InChI is InChI=1S/C19H14N4O3S/c24-27(25,26)15-6-3-5-14(12-15)21-17-9-8-13-4-1-2-7-16(13)19(17)18-10-11-20-23-22-18/h1-12,21H,(H,24,25,26). The van der Waals surface area contributed by atoms with Crippen molar-refractivity contribution in [1.29, 1.82) is 0 Å². The molecular formula is C19H14N4O3S. The Kier molecular flexibility index (Phi) is 4.27. The number of rotatable bonds is 4. The first-order chi connectivity index (χ1) is 13.0. The summed E-state index contributed by atoms with van der Waals surface area (Å²) >= 11 is 0. The number of hydrogen-bond donors (Lipinski definition) is 2. The quantitative estimate of drug-likeness (QED) is 0.522. The van der Waals surface area contributed by atoms with Gasteiger partial charge in [-0.1, -0.05) is 36.4 Å². The highest BCUT2D eigenvalue weighted by atomic mass is 32.2. The fourth-order valence-corrected chi connectivity index (χ4v) is 3.44. The van der Waals surface area contributed by atoms with Crippen molar-refractivity contribution >= 4 is 32.3 Å². The van der Waals surface area contributed by atoms with E-state index in [-0.39, 0.29) is 4.90 Å². The lowest BCUT2D eigenvalue weighted by Crippen LogP contribution is -2.00. The van der Waals surface area contributed by atoms with Crippen LogP contribution in [0.1, 0.15) is 0 Å². The Morgan fingerprint density at radius 2 is 1.78 bits per heavy atom. The Hall–Kier alpha value is -3.36. The molecule has 0 aliphatic heterocycles. The van der Waals surface area contributed by atoms with Crippen LogP contribution < -0.4 is 5.32 Å². The van der Waals surface area contributed by atoms with Crippen molar-refractivity contribution < 1.29 is 13.0 Å². The molecule has 0 bridgehead atoms. The third kappa shape index (κ3) is 3.48. The van der Waals surface area contributed by atoms with Gasteiger partial charge in [0.15, 0.2) is 0 Å². The molecule has 134 valence electrons. The lowest BCUT2D eigenvalue weighted by atomic mass is 9.99. The number of anilines is 2. The van der Waals surface area contributed by atoms with Crippen molar-refractivity contribution in [2.24, 2.45) is 0 Å². The number of hydrogen-bond acceptors (Lipinski definition) is 6. The highest BCUT2D eigenvalue weighted by Crippen LogP contribution is 2.36. The van der Waals surface area contributed by atoms with Crippen LogP contribution in [0.3, 0.4) is 0 Å². The molecule has 0 fully saturated rings. The summed E-state index contributed by atoms with van der Waals surface area (Å²) in [5.41, 5.74) is 2.70. The van der Waals surface area contributed by atoms with E-state index in [9.17, 15) is 13.0 Å². The van der Waals surface area contributed by atoms with Crippen molar-refractivity contribution in [3.63, 3.8) is 0 Å². The van der Waals surface area contributed by atoms with Crippen molar-refractivity contribution in [2.45, 2.75) is 4.90 Å². The first kappa shape index (κ1) is 17.1. The Labute approximate surface area is 155 Å². The second-order valence-electron chi connectivity index (χ2n) is 5.84. The maximum Gasteiger partial charge on any atom is 0.294 e. The summed E-state index contributed by atoms with van der Waals surface area (Å²) in [7, 11) is -4.29. The Morgan fingerprint density at radius 1 is 0.926 bits per heavy atom. The third-order valence-corrected chi connectivity index (χ3v) is 4.95. The second-order valence-corrected chi connectivity index (χ2v) is 7.26. The highest BCUT2D eigenvalue weighted by Gasteiger charge is 2.14. The van der Waals surface area contributed by atoms with Gasteiger partial charge in [-0.3, -0.25) is 4.55 Å². The zero-order valence-corrected chi connectivity index (χ0v) is 14.8. The molecule has 0 atom stereocenters. The topological polar surface area (TPSA) is 105 Å². The Morgan fingerprint density at radius 3 is 2.56 bits per heavy atom. The molecule has 0 unspecified atom stereocenters. The van der Waals surface area contributed by atoms with Crippen LogP contribution in [0.4, 0.5) is 11.4 Å². The molecule has 27 heavy (non-hydrogen) atoms. The molecule has 0 saturated heterocycles. The van der Waals surface area contributed by atoms with Crippen LogP contribution in [-0.2, 0) is 10.1 Å². The van der Waals surface area contributed by atoms with E-state index >= 15 is 0 Å². The van der Waals surface area contributed by atoms with Gasteiger partial charge < -0.3 is 5.32 Å². The van der Waals surface area contributed by atoms with E-state index in [0.717, 1.165) is 22.0 Å². The molecule has 8 heteroatoms. The van der Waals surface area contributed by atoms with Gasteiger partial charge in [0.1, 0.15) is 0 Å². The summed E-state index contributed by atoms with van der Waals surface area (Å²) in [6, 6.07) is 19.4. The molecular weight excluding hydrogens is 364 g/mol. The summed E-state index contributed by atoms with van der Waals surface area (Å²) in [6.07, 6.45) is 1.56. The lowest BCUT2D eigenvalue weighted by Gasteiger charge is -2.14. The monoisotopic (exact) mass is 378 g/mol. The molecule has 2 N–H and O–H groups in total. The molecule has 0 aliphatic rings. The maximum absolute atomic E-state index is 11.4. The third-order valence-electron chi connectivity index (χ3n) is 4.10. The summed E-state index contributed by atoms with van der Waals surface area (Å²) in [6.45, 7) is 0. The summed E-state index contributed by atoms with van der Waals surface area (Å²) in [5, 5.41) is 16.8. The van der Waals surface area contributed by atoms with Crippen molar-refractivity contribution in [3.05, 3.63) is 72.9 Å². The van der Waals surface area contributed by atoms with E-state index in [1.807, 2.05) is 36.4 Å². The van der Waals surface area contributed by atoms with E-state index in [2.05, 4.69) is 20.7 Å². The van der Waals surface area contributed by atoms with Crippen LogP contribution in [0, 0.1) is 0 Å². The van der Waals surface area contributed by atoms with Gasteiger partial charge >= 0.3 is 0 Å². The van der Waals surface area contributed by atoms with Crippen molar-refractivity contribution in [1.82, 2.24) is 15.4 Å². The SMILES string of the molecule is O=S(=O)(O)c1cccc(Nc2ccc3ccccc3c2-c2ccnnn2)c1. The predicted molar refractivity (Wildman–Crippen MR) is 102 cm³/mol. The van der Waals surface area contributed by atoms with E-state index in [4.69, 9.17) is 0 Å². The molecule has 0 amide bonds. The van der Waals surface area contributed by atoms with Gasteiger partial charge in [0.05, 0.1) is 16.8 Å². The van der Waals surface area contributed by atoms with Crippen molar-refractivity contribution in [3.8, 4) is 11.3 Å². The van der Waals surface area contributed by atoms with E-state index in [1.54, 1.807) is 24.4 Å². The van der Waals surface area contributed by atoms with Gasteiger partial charge in [-0.25, -0.2) is 0 Å². The van der Waals surface area contributed by atoms with E-state index in [1.165, 1.54) is 12.1 Å². The summed E-state index contributed by atoms with van der Waals surface area (Å²) in [4.78, 5) is -0.182. The van der Waals surface area contributed by atoms with Crippen LogP contribution >= 0.6 is 0 Å². The summed E-state index contributed by atoms with van der Waals surface area (Å²) < 4.78 is 32.1. The largest absolute Gasteiger partial charge is 0.355 e. The Bertz CT molecular complexity index is 1230. The van der Waals surface area contributed by atoms with Gasteiger partial charge in [-0.05, 0) is 46.3 Å². The average Bonchev–Trinajstić information content (AvgIpc) is 2.68. The zero-order valence-electron chi connectivity index (χ0n) is 13.9. The van der Waals surface area contributed by atoms with Crippen LogP contribution in [0.15, 0.2) is 77.8 Å². The fraction of sp³-hybridized carbons (Fsp3) is 0. The molecule has 4 aromatic rings. The summed E-state index contributed by atoms with van der Waals surface area (Å²) in [5.74, 6) is 0. The van der Waals surface area contributed by atoms with Gasteiger partial charge in [0.25, 0.3) is 10.1 Å². The molecule has 1 aromatic heterocycles. The average molecular weight is 378 g/mol. The number of fused-ring (bicyclic) bond motifs is 1. The van der Waals surface area contributed by atoms with Gasteiger partial charge in [-0.2, -0.15) is 8.42 Å². The van der Waals surface area contributed by atoms with Gasteiger partial charge in [0.2, 0.25) is 0 Å². The van der Waals surface area contributed by atoms with E-state index < -0.39 is 10.1 Å². The minimum atomic E-state index is -4.29. The number of aromatic nitrogens is 3. The van der Waals surface area contributed by atoms with Crippen molar-refractivity contribution in [2.75, 3.05) is 5.32 Å².